The number of hydrogen-bond donors (Lipinski definition) is 1. The minimum atomic E-state index is -0.0636. The van der Waals surface area contributed by atoms with Crippen molar-refractivity contribution in [3.05, 3.63) is 64.7 Å². The van der Waals surface area contributed by atoms with E-state index >= 15 is 0 Å². The molecule has 0 bridgehead atoms. The lowest BCUT2D eigenvalue weighted by molar-refractivity contribution is -0.113. The maximum atomic E-state index is 13.1. The van der Waals surface area contributed by atoms with Crippen molar-refractivity contribution in [2.75, 3.05) is 23.3 Å². The molecule has 1 aliphatic heterocycles. The minimum absolute atomic E-state index is 0.0636. The van der Waals surface area contributed by atoms with Crippen LogP contribution in [0.3, 0.4) is 0 Å². The largest absolute Gasteiger partial charge is 0.380 e. The first-order chi connectivity index (χ1) is 13.0. The standard InChI is InChI=1S/C23H25N3O/c1-4-5-12-26-21-11-8-17(3)13-20(21)22(23(26)27)18(14-24)15-25-19-9-6-16(2)7-10-19/h6-11,13,25H,4-5,12,15H2,1-3H3/b22-18-. The molecular weight excluding hydrogens is 334 g/mol. The lowest BCUT2D eigenvalue weighted by Crippen LogP contribution is -2.28. The van der Waals surface area contributed by atoms with Crippen LogP contribution in [-0.4, -0.2) is 19.0 Å². The number of nitrogens with zero attached hydrogens (tertiary/aromatic N) is 2. The Hall–Kier alpha value is -3.06. The number of unbranched alkanes of at least 4 members (excludes halogenated alkanes) is 1. The second kappa shape index (κ2) is 8.09. The first-order valence-electron chi connectivity index (χ1n) is 9.41. The van der Waals surface area contributed by atoms with Crippen LogP contribution >= 0.6 is 0 Å². The Morgan fingerprint density at radius 1 is 1.11 bits per heavy atom. The Morgan fingerprint density at radius 2 is 1.81 bits per heavy atom. The summed E-state index contributed by atoms with van der Waals surface area (Å²) in [6.07, 6.45) is 1.96. The van der Waals surface area contributed by atoms with Gasteiger partial charge in [0.2, 0.25) is 0 Å². The van der Waals surface area contributed by atoms with E-state index < -0.39 is 0 Å². The average Bonchev–Trinajstić information content (AvgIpc) is 2.93. The number of amides is 1. The SMILES string of the molecule is CCCCN1C(=O)/C(=C(/C#N)CNc2ccc(C)cc2)c2cc(C)ccc21. The van der Waals surface area contributed by atoms with E-state index in [1.807, 2.05) is 61.2 Å². The third-order valence-corrected chi connectivity index (χ3v) is 4.86. The Morgan fingerprint density at radius 3 is 2.48 bits per heavy atom. The first-order valence-corrected chi connectivity index (χ1v) is 9.41. The van der Waals surface area contributed by atoms with E-state index in [1.54, 1.807) is 0 Å². The molecule has 0 aromatic heterocycles. The van der Waals surface area contributed by atoms with Crippen LogP contribution in [0.4, 0.5) is 11.4 Å². The van der Waals surface area contributed by atoms with E-state index in [9.17, 15) is 10.1 Å². The molecule has 0 saturated carbocycles. The van der Waals surface area contributed by atoms with Gasteiger partial charge in [-0.15, -0.1) is 0 Å². The number of rotatable bonds is 6. The van der Waals surface area contributed by atoms with Gasteiger partial charge in [-0.1, -0.05) is 42.7 Å². The van der Waals surface area contributed by atoms with Crippen molar-refractivity contribution in [1.82, 2.24) is 0 Å². The van der Waals surface area contributed by atoms with Gasteiger partial charge in [0.1, 0.15) is 0 Å². The molecule has 1 heterocycles. The van der Waals surface area contributed by atoms with Crippen molar-refractivity contribution >= 4 is 22.9 Å². The van der Waals surface area contributed by atoms with Crippen LogP contribution < -0.4 is 10.2 Å². The Balaban J connectivity index is 1.96. The maximum absolute atomic E-state index is 13.1. The summed E-state index contributed by atoms with van der Waals surface area (Å²) in [5.74, 6) is -0.0636. The summed E-state index contributed by atoms with van der Waals surface area (Å²) in [6, 6.07) is 16.3. The lowest BCUT2D eigenvalue weighted by atomic mass is 10.00. The van der Waals surface area contributed by atoms with Crippen LogP contribution in [0.5, 0.6) is 0 Å². The molecule has 2 aromatic rings. The summed E-state index contributed by atoms with van der Waals surface area (Å²) >= 11 is 0. The highest BCUT2D eigenvalue weighted by Gasteiger charge is 2.34. The van der Waals surface area contributed by atoms with E-state index in [0.29, 0.717) is 24.2 Å². The van der Waals surface area contributed by atoms with E-state index in [4.69, 9.17) is 0 Å². The summed E-state index contributed by atoms with van der Waals surface area (Å²) in [7, 11) is 0. The molecule has 0 fully saturated rings. The first kappa shape index (κ1) is 18.7. The van der Waals surface area contributed by atoms with Gasteiger partial charge >= 0.3 is 0 Å². The lowest BCUT2D eigenvalue weighted by Gasteiger charge is -2.16. The molecule has 0 radical (unpaired) electrons. The van der Waals surface area contributed by atoms with E-state index in [-0.39, 0.29) is 5.91 Å². The third-order valence-electron chi connectivity index (χ3n) is 4.86. The molecule has 0 aliphatic carbocycles. The van der Waals surface area contributed by atoms with Gasteiger partial charge in [-0.2, -0.15) is 5.26 Å². The summed E-state index contributed by atoms with van der Waals surface area (Å²) < 4.78 is 0. The number of carbonyl (C=O) groups excluding carboxylic acids is 1. The van der Waals surface area contributed by atoms with Crippen molar-refractivity contribution in [3.8, 4) is 6.07 Å². The molecule has 2 aromatic carbocycles. The van der Waals surface area contributed by atoms with Gasteiger partial charge in [0.15, 0.2) is 0 Å². The molecule has 1 aliphatic rings. The van der Waals surface area contributed by atoms with Crippen LogP contribution in [0.2, 0.25) is 0 Å². The predicted octanol–water partition coefficient (Wildman–Crippen LogP) is 4.84. The smallest absolute Gasteiger partial charge is 0.260 e. The molecule has 0 atom stereocenters. The van der Waals surface area contributed by atoms with E-state index in [0.717, 1.165) is 35.3 Å². The predicted molar refractivity (Wildman–Crippen MR) is 111 cm³/mol. The second-order valence-electron chi connectivity index (χ2n) is 7.02. The van der Waals surface area contributed by atoms with E-state index in [1.165, 1.54) is 5.56 Å². The highest BCUT2D eigenvalue weighted by molar-refractivity contribution is 6.33. The summed E-state index contributed by atoms with van der Waals surface area (Å²) in [5.41, 5.74) is 6.00. The fourth-order valence-corrected chi connectivity index (χ4v) is 3.32. The molecule has 0 saturated heterocycles. The number of benzene rings is 2. The topological polar surface area (TPSA) is 56.1 Å². The quantitative estimate of drug-likeness (QED) is 0.593. The summed E-state index contributed by atoms with van der Waals surface area (Å²) in [5, 5.41) is 13.0. The van der Waals surface area contributed by atoms with Gasteiger partial charge in [0, 0.05) is 17.8 Å². The zero-order valence-electron chi connectivity index (χ0n) is 16.2. The molecule has 1 N–H and O–H groups in total. The molecule has 1 amide bonds. The zero-order chi connectivity index (χ0) is 19.4. The summed E-state index contributed by atoms with van der Waals surface area (Å²) in [4.78, 5) is 14.9. The minimum Gasteiger partial charge on any atom is -0.380 e. The van der Waals surface area contributed by atoms with Gasteiger partial charge in [-0.3, -0.25) is 4.79 Å². The number of fused-ring (bicyclic) bond motifs is 1. The number of aryl methyl sites for hydroxylation is 2. The number of nitriles is 1. The van der Waals surface area contributed by atoms with Gasteiger partial charge in [0.25, 0.3) is 5.91 Å². The Labute approximate surface area is 161 Å². The number of nitrogens with one attached hydrogen (secondary N) is 1. The molecule has 4 nitrogen and oxygen atoms in total. The van der Waals surface area contributed by atoms with Crippen molar-refractivity contribution in [2.24, 2.45) is 0 Å². The van der Waals surface area contributed by atoms with E-state index in [2.05, 4.69) is 18.3 Å². The fraction of sp³-hybridized carbons (Fsp3) is 0.304. The highest BCUT2D eigenvalue weighted by atomic mass is 16.2. The third kappa shape index (κ3) is 3.88. The molecule has 3 rings (SSSR count). The monoisotopic (exact) mass is 359 g/mol. The van der Waals surface area contributed by atoms with Crippen LogP contribution in [0.15, 0.2) is 48.0 Å². The van der Waals surface area contributed by atoms with Gasteiger partial charge in [0.05, 0.1) is 29.4 Å². The number of carbonyl (C=O) groups is 1. The Kier molecular flexibility index (Phi) is 5.61. The number of anilines is 2. The highest BCUT2D eigenvalue weighted by Crippen LogP contribution is 2.39. The normalized spacial score (nSPS) is 14.7. The van der Waals surface area contributed by atoms with Crippen molar-refractivity contribution in [1.29, 1.82) is 5.26 Å². The van der Waals surface area contributed by atoms with Gasteiger partial charge in [-0.25, -0.2) is 0 Å². The summed E-state index contributed by atoms with van der Waals surface area (Å²) in [6.45, 7) is 7.16. The molecular formula is C23H25N3O. The maximum Gasteiger partial charge on any atom is 0.260 e. The van der Waals surface area contributed by atoms with Crippen LogP contribution in [-0.2, 0) is 4.79 Å². The van der Waals surface area contributed by atoms with Crippen LogP contribution in [0, 0.1) is 25.2 Å². The van der Waals surface area contributed by atoms with Crippen LogP contribution in [0.25, 0.3) is 5.57 Å². The molecule has 0 unspecified atom stereocenters. The van der Waals surface area contributed by atoms with Crippen molar-refractivity contribution < 1.29 is 4.79 Å². The fourth-order valence-electron chi connectivity index (χ4n) is 3.32. The zero-order valence-corrected chi connectivity index (χ0v) is 16.2. The number of hydrogen-bond acceptors (Lipinski definition) is 3. The van der Waals surface area contributed by atoms with Gasteiger partial charge < -0.3 is 10.2 Å². The average molecular weight is 359 g/mol. The Bertz CT molecular complexity index is 920. The van der Waals surface area contributed by atoms with Gasteiger partial charge in [-0.05, 0) is 44.5 Å². The van der Waals surface area contributed by atoms with Crippen LogP contribution in [0.1, 0.15) is 36.5 Å². The molecule has 27 heavy (non-hydrogen) atoms. The molecule has 138 valence electrons. The molecule has 0 spiro atoms. The second-order valence-corrected chi connectivity index (χ2v) is 7.02. The van der Waals surface area contributed by atoms with Crippen molar-refractivity contribution in [2.45, 2.75) is 33.6 Å². The molecule has 4 heteroatoms. The van der Waals surface area contributed by atoms with Crippen molar-refractivity contribution in [3.63, 3.8) is 0 Å².